The number of aliphatic hydroxyl groups excluding tert-OH is 1. The summed E-state index contributed by atoms with van der Waals surface area (Å²) in [4.78, 5) is 22.8. The normalized spacial score (nSPS) is 11.5. The number of aryl methyl sites for hydroxylation is 1. The molecule has 1 heterocycles. The second-order valence-corrected chi connectivity index (χ2v) is 5.58. The number of rotatable bonds is 6. The van der Waals surface area contributed by atoms with E-state index < -0.39 is 24.5 Å². The zero-order valence-corrected chi connectivity index (χ0v) is 14.4. The van der Waals surface area contributed by atoms with Gasteiger partial charge >= 0.3 is 5.97 Å². The lowest BCUT2D eigenvalue weighted by molar-refractivity contribution is -0.358. The third-order valence-electron chi connectivity index (χ3n) is 3.69. The number of nitrogens with two attached hydrogens (primary N) is 1. The van der Waals surface area contributed by atoms with Gasteiger partial charge in [0.2, 0.25) is 5.52 Å². The molecule has 1 unspecified atom stereocenters. The van der Waals surface area contributed by atoms with E-state index in [1.54, 1.807) is 0 Å². The predicted molar refractivity (Wildman–Crippen MR) is 91.6 cm³/mol. The van der Waals surface area contributed by atoms with Crippen LogP contribution in [0.5, 0.6) is 0 Å². The summed E-state index contributed by atoms with van der Waals surface area (Å²) in [6.07, 6.45) is 0.479. The highest BCUT2D eigenvalue weighted by Crippen LogP contribution is 2.24. The van der Waals surface area contributed by atoms with Gasteiger partial charge in [-0.15, -0.1) is 0 Å². The number of carboxylic acid groups (broad SMARTS) is 2. The van der Waals surface area contributed by atoms with Gasteiger partial charge in [-0.25, -0.2) is 9.78 Å². The maximum absolute atomic E-state index is 9.69. The number of aromatic amines is 1. The van der Waals surface area contributed by atoms with Crippen LogP contribution in [0.15, 0.2) is 24.3 Å². The molecule has 7 heteroatoms. The first-order chi connectivity index (χ1) is 11.8. The van der Waals surface area contributed by atoms with Gasteiger partial charge in [0.1, 0.15) is 0 Å². The zero-order chi connectivity index (χ0) is 19.0. The molecule has 2 rings (SSSR count). The molecule has 0 aliphatic heterocycles. The molecule has 0 aliphatic carbocycles. The van der Waals surface area contributed by atoms with Gasteiger partial charge in [-0.05, 0) is 18.9 Å². The van der Waals surface area contributed by atoms with E-state index in [9.17, 15) is 14.7 Å². The summed E-state index contributed by atoms with van der Waals surface area (Å²) in [5, 5.41) is 26.9. The second-order valence-electron chi connectivity index (χ2n) is 5.58. The largest absolute Gasteiger partial charge is 0.550 e. The third kappa shape index (κ3) is 5.72. The van der Waals surface area contributed by atoms with Crippen molar-refractivity contribution in [2.45, 2.75) is 45.6 Å². The molecule has 0 aliphatic rings. The number of carbonyl (C=O) groups is 2. The smallest absolute Gasteiger partial charge is 0.332 e. The Morgan fingerprint density at radius 3 is 2.40 bits per heavy atom. The summed E-state index contributed by atoms with van der Waals surface area (Å²) >= 11 is 0. The Hall–Kier alpha value is -2.67. The summed E-state index contributed by atoms with van der Waals surface area (Å²) < 4.78 is 0. The van der Waals surface area contributed by atoms with Crippen molar-refractivity contribution in [2.24, 2.45) is 0 Å². The van der Waals surface area contributed by atoms with Crippen molar-refractivity contribution in [3.05, 3.63) is 35.5 Å². The molecule has 2 aromatic rings. The minimum atomic E-state index is -1.85. The number of nitrogens with one attached hydrogen (secondary N) is 1. The quantitative estimate of drug-likeness (QED) is 0.687. The summed E-state index contributed by atoms with van der Waals surface area (Å²) in [7, 11) is 0. The maximum atomic E-state index is 9.69. The Labute approximate surface area is 146 Å². The monoisotopic (exact) mass is 348 g/mol. The standard InChI is InChI=1S/C14H18N2.C4H6O5/c1-3-7-12-10(4-2)14(15)11-8-5-6-9-13(11)16-12;5-2(4(8)9)1-3(6)7/h5-6,8-9H,3-4,7H2,1-2H3,(H2,15,16);2,5H,1H2,(H,6,7)(H,8,9). The lowest BCUT2D eigenvalue weighted by Gasteiger charge is -2.07. The molecule has 0 amide bonds. The van der Waals surface area contributed by atoms with Crippen LogP contribution in [-0.4, -0.2) is 28.3 Å². The summed E-state index contributed by atoms with van der Waals surface area (Å²) in [5.41, 5.74) is 10.9. The molecule has 5 N–H and O–H groups in total. The van der Waals surface area contributed by atoms with Crippen LogP contribution in [0.1, 0.15) is 37.9 Å². The Balaban J connectivity index is 0.000000299. The molecule has 136 valence electrons. The lowest BCUT2D eigenvalue weighted by atomic mass is 10.0. The number of hydrogen-bond donors (Lipinski definition) is 3. The number of para-hydroxylation sites is 1. The number of carboxylic acids is 2. The first kappa shape index (κ1) is 20.4. The van der Waals surface area contributed by atoms with Crippen molar-refractivity contribution in [3.63, 3.8) is 0 Å². The Kier molecular flexibility index (Phi) is 7.81. The van der Waals surface area contributed by atoms with Gasteiger partial charge in [-0.2, -0.15) is 0 Å². The molecular weight excluding hydrogens is 324 g/mol. The van der Waals surface area contributed by atoms with E-state index in [-0.39, 0.29) is 0 Å². The van der Waals surface area contributed by atoms with Crippen molar-refractivity contribution >= 4 is 28.5 Å². The SMILES string of the molecule is CCCc1[nH+]c2ccccc2c(N)c1CC.O=C([O-])CC(O)C(=O)O. The highest BCUT2D eigenvalue weighted by Gasteiger charge is 2.15. The number of nitrogen functional groups attached to an aromatic ring is 1. The van der Waals surface area contributed by atoms with Crippen molar-refractivity contribution in [3.8, 4) is 0 Å². The van der Waals surface area contributed by atoms with Crippen LogP contribution in [0, 0.1) is 0 Å². The number of aliphatic hydroxyl groups is 1. The van der Waals surface area contributed by atoms with E-state index in [0.717, 1.165) is 35.9 Å². The first-order valence-electron chi connectivity index (χ1n) is 8.13. The number of anilines is 1. The minimum absolute atomic E-state index is 0.866. The van der Waals surface area contributed by atoms with Gasteiger partial charge < -0.3 is 25.8 Å². The molecule has 1 atom stereocenters. The van der Waals surface area contributed by atoms with Gasteiger partial charge in [-0.1, -0.05) is 26.0 Å². The van der Waals surface area contributed by atoms with Crippen molar-refractivity contribution < 1.29 is 29.9 Å². The van der Waals surface area contributed by atoms with Gasteiger partial charge in [0.05, 0.1) is 11.1 Å². The molecular formula is C18H24N2O5. The summed E-state index contributed by atoms with van der Waals surface area (Å²) in [6.45, 7) is 4.35. The fraction of sp³-hybridized carbons (Fsp3) is 0.389. The fourth-order valence-electron chi connectivity index (χ4n) is 2.50. The predicted octanol–water partition coefficient (Wildman–Crippen LogP) is 0.323. The molecule has 0 radical (unpaired) electrons. The molecule has 25 heavy (non-hydrogen) atoms. The molecule has 0 bridgehead atoms. The van der Waals surface area contributed by atoms with E-state index >= 15 is 0 Å². The van der Waals surface area contributed by atoms with Crippen LogP contribution >= 0.6 is 0 Å². The third-order valence-corrected chi connectivity index (χ3v) is 3.69. The zero-order valence-electron chi connectivity index (χ0n) is 14.4. The highest BCUT2D eigenvalue weighted by molar-refractivity contribution is 5.89. The van der Waals surface area contributed by atoms with Crippen molar-refractivity contribution in [2.75, 3.05) is 5.73 Å². The fourth-order valence-corrected chi connectivity index (χ4v) is 2.50. The lowest BCUT2D eigenvalue weighted by Crippen LogP contribution is -2.31. The average Bonchev–Trinajstić information content (AvgIpc) is 2.55. The minimum Gasteiger partial charge on any atom is -0.550 e. The number of hydrogen-bond acceptors (Lipinski definition) is 5. The molecule has 0 saturated carbocycles. The highest BCUT2D eigenvalue weighted by atomic mass is 16.4. The van der Waals surface area contributed by atoms with E-state index in [1.807, 2.05) is 12.1 Å². The van der Waals surface area contributed by atoms with E-state index in [4.69, 9.17) is 15.9 Å². The number of fused-ring (bicyclic) bond motifs is 1. The van der Waals surface area contributed by atoms with Crippen molar-refractivity contribution in [1.29, 1.82) is 0 Å². The van der Waals surface area contributed by atoms with Crippen molar-refractivity contribution in [1.82, 2.24) is 0 Å². The average molecular weight is 348 g/mol. The van der Waals surface area contributed by atoms with Gasteiger partial charge in [-0.3, -0.25) is 0 Å². The number of carbonyl (C=O) groups excluding carboxylic acids is 1. The molecule has 0 fully saturated rings. The van der Waals surface area contributed by atoms with Crippen LogP contribution in [-0.2, 0) is 22.4 Å². The molecule has 7 nitrogen and oxygen atoms in total. The molecule has 0 spiro atoms. The van der Waals surface area contributed by atoms with E-state index in [0.29, 0.717) is 0 Å². The molecule has 1 aromatic carbocycles. The number of H-pyrrole nitrogens is 1. The number of aromatic nitrogens is 1. The van der Waals surface area contributed by atoms with Crippen LogP contribution in [0.2, 0.25) is 0 Å². The van der Waals surface area contributed by atoms with Gasteiger partial charge in [0.15, 0.2) is 11.8 Å². The number of pyridine rings is 1. The Morgan fingerprint density at radius 1 is 1.28 bits per heavy atom. The van der Waals surface area contributed by atoms with Crippen LogP contribution in [0.4, 0.5) is 5.69 Å². The van der Waals surface area contributed by atoms with E-state index in [1.165, 1.54) is 11.3 Å². The van der Waals surface area contributed by atoms with Crippen LogP contribution in [0.25, 0.3) is 10.9 Å². The number of benzene rings is 1. The van der Waals surface area contributed by atoms with Crippen LogP contribution in [0.3, 0.4) is 0 Å². The number of aliphatic carboxylic acids is 2. The Morgan fingerprint density at radius 2 is 1.92 bits per heavy atom. The topological polar surface area (TPSA) is 138 Å². The summed E-state index contributed by atoms with van der Waals surface area (Å²) in [5.74, 6) is -3.14. The second kappa shape index (κ2) is 9.58. The van der Waals surface area contributed by atoms with Crippen LogP contribution < -0.4 is 15.8 Å². The first-order valence-corrected chi connectivity index (χ1v) is 8.13. The van der Waals surface area contributed by atoms with Gasteiger partial charge in [0.25, 0.3) is 0 Å². The molecule has 0 saturated heterocycles. The Bertz CT molecular complexity index is 746. The van der Waals surface area contributed by atoms with Gasteiger partial charge in [0, 0.05) is 30.4 Å². The van der Waals surface area contributed by atoms with E-state index in [2.05, 4.69) is 31.0 Å². The molecule has 1 aromatic heterocycles. The maximum Gasteiger partial charge on any atom is 0.332 e. The summed E-state index contributed by atoms with van der Waals surface area (Å²) in [6, 6.07) is 8.24.